The molecular weight excluding hydrogens is 454 g/mol. The first-order valence-corrected chi connectivity index (χ1v) is 11.9. The van der Waals surface area contributed by atoms with Gasteiger partial charge >= 0.3 is 0 Å². The summed E-state index contributed by atoms with van der Waals surface area (Å²) in [6.07, 6.45) is 1.49. The molecule has 36 heavy (non-hydrogen) atoms. The summed E-state index contributed by atoms with van der Waals surface area (Å²) in [4.78, 5) is 31.8. The van der Waals surface area contributed by atoms with Crippen molar-refractivity contribution >= 4 is 44.9 Å². The van der Waals surface area contributed by atoms with Gasteiger partial charge in [-0.1, -0.05) is 12.1 Å². The van der Waals surface area contributed by atoms with E-state index in [1.807, 2.05) is 36.4 Å². The topological polar surface area (TPSA) is 107 Å². The van der Waals surface area contributed by atoms with Crippen LogP contribution < -0.4 is 15.8 Å². The van der Waals surface area contributed by atoms with E-state index in [1.54, 1.807) is 11.6 Å². The Morgan fingerprint density at radius 1 is 1.00 bits per heavy atom. The SMILES string of the molecule is CC(C#N)n1c2ccccc2c2nc3nc(Nc4ccc(N5CCN(C)CC5)cc4)ncc3c(=O)n21. The zero-order valence-corrected chi connectivity index (χ0v) is 20.1. The number of hydrogen-bond donors (Lipinski definition) is 1. The monoisotopic (exact) mass is 479 g/mol. The molecule has 10 nitrogen and oxygen atoms in total. The van der Waals surface area contributed by atoms with E-state index >= 15 is 0 Å². The Balaban J connectivity index is 1.37. The minimum atomic E-state index is -0.556. The molecule has 1 unspecified atom stereocenters. The van der Waals surface area contributed by atoms with Gasteiger partial charge in [-0.15, -0.1) is 0 Å². The van der Waals surface area contributed by atoms with Gasteiger partial charge in [-0.25, -0.2) is 9.97 Å². The van der Waals surface area contributed by atoms with Gasteiger partial charge in [-0.05, 0) is 50.4 Å². The van der Waals surface area contributed by atoms with Gasteiger partial charge in [-0.3, -0.25) is 9.48 Å². The van der Waals surface area contributed by atoms with Crippen molar-refractivity contribution < 1.29 is 0 Å². The molecule has 10 heteroatoms. The molecule has 1 atom stereocenters. The third kappa shape index (κ3) is 3.61. The fraction of sp³-hybridized carbons (Fsp3) is 0.269. The second-order valence-corrected chi connectivity index (χ2v) is 9.11. The summed E-state index contributed by atoms with van der Waals surface area (Å²) in [5.41, 5.74) is 3.26. The van der Waals surface area contributed by atoms with E-state index in [2.05, 4.69) is 50.3 Å². The fourth-order valence-electron chi connectivity index (χ4n) is 4.76. The van der Waals surface area contributed by atoms with Crippen LogP contribution in [-0.4, -0.2) is 62.3 Å². The molecule has 1 aliphatic heterocycles. The van der Waals surface area contributed by atoms with Gasteiger partial charge in [0.1, 0.15) is 11.4 Å². The summed E-state index contributed by atoms with van der Waals surface area (Å²) in [6, 6.07) is 17.4. The molecule has 1 fully saturated rings. The molecule has 0 saturated carbocycles. The summed E-state index contributed by atoms with van der Waals surface area (Å²) in [6.45, 7) is 5.88. The van der Waals surface area contributed by atoms with Crippen molar-refractivity contribution in [1.82, 2.24) is 29.0 Å². The first-order valence-electron chi connectivity index (χ1n) is 11.9. The number of hydrogen-bond acceptors (Lipinski definition) is 8. The second-order valence-electron chi connectivity index (χ2n) is 9.11. The van der Waals surface area contributed by atoms with E-state index in [-0.39, 0.29) is 10.9 Å². The van der Waals surface area contributed by atoms with Crippen LogP contribution in [0.5, 0.6) is 0 Å². The molecule has 1 aliphatic rings. The van der Waals surface area contributed by atoms with Crippen LogP contribution in [0, 0.1) is 11.3 Å². The fourth-order valence-corrected chi connectivity index (χ4v) is 4.76. The third-order valence-corrected chi connectivity index (χ3v) is 6.76. The molecule has 0 aliphatic carbocycles. The average Bonchev–Trinajstić information content (AvgIpc) is 3.24. The molecule has 0 amide bonds. The molecule has 1 N–H and O–H groups in total. The molecule has 180 valence electrons. The van der Waals surface area contributed by atoms with Crippen LogP contribution >= 0.6 is 0 Å². The smallest absolute Gasteiger partial charge is 0.284 e. The summed E-state index contributed by atoms with van der Waals surface area (Å²) >= 11 is 0. The summed E-state index contributed by atoms with van der Waals surface area (Å²) in [5, 5.41) is 13.9. The van der Waals surface area contributed by atoms with Gasteiger partial charge in [0.2, 0.25) is 5.95 Å². The van der Waals surface area contributed by atoms with E-state index in [0.29, 0.717) is 17.2 Å². The lowest BCUT2D eigenvalue weighted by Gasteiger charge is -2.34. The van der Waals surface area contributed by atoms with Crippen molar-refractivity contribution in [2.75, 3.05) is 43.4 Å². The first-order chi connectivity index (χ1) is 17.5. The highest BCUT2D eigenvalue weighted by molar-refractivity contribution is 5.94. The maximum atomic E-state index is 13.5. The summed E-state index contributed by atoms with van der Waals surface area (Å²) < 4.78 is 3.13. The van der Waals surface area contributed by atoms with E-state index in [0.717, 1.165) is 42.8 Å². The van der Waals surface area contributed by atoms with Crippen molar-refractivity contribution in [2.45, 2.75) is 13.0 Å². The van der Waals surface area contributed by atoms with Gasteiger partial charge in [0, 0.05) is 49.1 Å². The highest BCUT2D eigenvalue weighted by atomic mass is 16.1. The quantitative estimate of drug-likeness (QED) is 0.419. The van der Waals surface area contributed by atoms with Crippen LogP contribution in [-0.2, 0) is 0 Å². The predicted molar refractivity (Wildman–Crippen MR) is 140 cm³/mol. The number of benzene rings is 2. The molecule has 1 saturated heterocycles. The normalized spacial score (nSPS) is 15.4. The molecule has 2 aromatic carbocycles. The Kier molecular flexibility index (Phi) is 5.27. The lowest BCUT2D eigenvalue weighted by Crippen LogP contribution is -2.44. The van der Waals surface area contributed by atoms with Crippen LogP contribution in [0.2, 0.25) is 0 Å². The summed E-state index contributed by atoms with van der Waals surface area (Å²) in [5.74, 6) is 0.361. The number of fused-ring (bicyclic) bond motifs is 4. The molecule has 0 spiro atoms. The van der Waals surface area contributed by atoms with Gasteiger partial charge in [-0.2, -0.15) is 14.8 Å². The van der Waals surface area contributed by atoms with Crippen LogP contribution in [0.4, 0.5) is 17.3 Å². The molecule has 6 rings (SSSR count). The Labute approximate surface area is 207 Å². The Bertz CT molecular complexity index is 1690. The van der Waals surface area contributed by atoms with Gasteiger partial charge in [0.15, 0.2) is 11.3 Å². The van der Waals surface area contributed by atoms with E-state index in [1.165, 1.54) is 16.4 Å². The first kappa shape index (κ1) is 22.0. The number of para-hydroxylation sites is 1. The standard InChI is InChI=1S/C26H25N9O/c1-17(15-27)34-22-6-4-3-5-20(22)24-30-23-21(25(36)35(24)34)16-28-26(31-23)29-18-7-9-19(10-8-18)33-13-11-32(2)12-14-33/h3-10,16-17H,11-14H2,1-2H3,(H,28,29,31). The second kappa shape index (κ2) is 8.62. The number of nitrogens with one attached hydrogen (secondary N) is 1. The highest BCUT2D eigenvalue weighted by Gasteiger charge is 2.20. The Morgan fingerprint density at radius 3 is 2.50 bits per heavy atom. The maximum Gasteiger partial charge on any atom is 0.284 e. The van der Waals surface area contributed by atoms with Gasteiger partial charge < -0.3 is 15.1 Å². The number of nitriles is 1. The van der Waals surface area contributed by atoms with Crippen molar-refractivity contribution in [3.05, 3.63) is 65.1 Å². The zero-order valence-electron chi connectivity index (χ0n) is 20.1. The van der Waals surface area contributed by atoms with E-state index in [4.69, 9.17) is 4.98 Å². The Hall–Kier alpha value is -4.49. The number of aromatic nitrogens is 5. The van der Waals surface area contributed by atoms with E-state index in [9.17, 15) is 10.1 Å². The van der Waals surface area contributed by atoms with Crippen molar-refractivity contribution in [1.29, 1.82) is 5.26 Å². The molecule has 5 aromatic rings. The minimum Gasteiger partial charge on any atom is -0.369 e. The van der Waals surface area contributed by atoms with Gasteiger partial charge in [0.25, 0.3) is 5.56 Å². The van der Waals surface area contributed by atoms with Crippen LogP contribution in [0.1, 0.15) is 13.0 Å². The third-order valence-electron chi connectivity index (χ3n) is 6.76. The van der Waals surface area contributed by atoms with Gasteiger partial charge in [0.05, 0.1) is 11.6 Å². The zero-order chi connectivity index (χ0) is 24.8. The van der Waals surface area contributed by atoms with Crippen LogP contribution in [0.15, 0.2) is 59.5 Å². The molecule has 4 heterocycles. The molecule has 3 aromatic heterocycles. The minimum absolute atomic E-state index is 0.290. The number of rotatable bonds is 4. The largest absolute Gasteiger partial charge is 0.369 e. The average molecular weight is 480 g/mol. The Morgan fingerprint density at radius 2 is 1.75 bits per heavy atom. The molecule has 0 radical (unpaired) electrons. The van der Waals surface area contributed by atoms with Crippen molar-refractivity contribution in [2.24, 2.45) is 0 Å². The maximum absolute atomic E-state index is 13.5. The van der Waals surface area contributed by atoms with Crippen LogP contribution in [0.25, 0.3) is 27.6 Å². The number of nitrogens with zero attached hydrogens (tertiary/aromatic N) is 8. The van der Waals surface area contributed by atoms with Crippen LogP contribution in [0.3, 0.4) is 0 Å². The lowest BCUT2D eigenvalue weighted by molar-refractivity contribution is 0.313. The number of piperazine rings is 1. The number of anilines is 3. The van der Waals surface area contributed by atoms with Crippen molar-refractivity contribution in [3.8, 4) is 6.07 Å². The van der Waals surface area contributed by atoms with E-state index < -0.39 is 6.04 Å². The predicted octanol–water partition coefficient (Wildman–Crippen LogP) is 3.17. The number of likely N-dealkylation sites (N-methyl/N-ethyl adjacent to an activating group) is 1. The van der Waals surface area contributed by atoms with Crippen molar-refractivity contribution in [3.63, 3.8) is 0 Å². The molecular formula is C26H25N9O. The molecule has 0 bridgehead atoms. The highest BCUT2D eigenvalue weighted by Crippen LogP contribution is 2.25. The lowest BCUT2D eigenvalue weighted by atomic mass is 10.2. The summed E-state index contributed by atoms with van der Waals surface area (Å²) in [7, 11) is 2.15.